The van der Waals surface area contributed by atoms with Crippen molar-refractivity contribution in [2.75, 3.05) is 19.7 Å². The summed E-state index contributed by atoms with van der Waals surface area (Å²) in [6, 6.07) is 4.17. The minimum absolute atomic E-state index is 0.0376. The summed E-state index contributed by atoms with van der Waals surface area (Å²) >= 11 is 0. The van der Waals surface area contributed by atoms with Gasteiger partial charge in [0.1, 0.15) is 6.04 Å². The maximum Gasteiger partial charge on any atom is 0.262 e. The molecule has 3 N–H and O–H groups in total. The molecule has 154 valence electrons. The van der Waals surface area contributed by atoms with Crippen molar-refractivity contribution in [3.63, 3.8) is 0 Å². The van der Waals surface area contributed by atoms with Crippen LogP contribution in [-0.4, -0.2) is 71.3 Å². The van der Waals surface area contributed by atoms with Gasteiger partial charge in [-0.25, -0.2) is 0 Å². The Morgan fingerprint density at radius 2 is 1.97 bits per heavy atom. The van der Waals surface area contributed by atoms with Crippen LogP contribution in [0.2, 0.25) is 0 Å². The summed E-state index contributed by atoms with van der Waals surface area (Å²) in [5.41, 5.74) is 7.44. The number of hydrogen-bond acceptors (Lipinski definition) is 7. The third-order valence-corrected chi connectivity index (χ3v) is 5.67. The third-order valence-electron chi connectivity index (χ3n) is 5.67. The minimum atomic E-state index is -0.949. The number of imide groups is 2. The quantitative estimate of drug-likeness (QED) is 0.662. The van der Waals surface area contributed by atoms with Gasteiger partial charge in [0.05, 0.1) is 23.8 Å². The van der Waals surface area contributed by atoms with Crippen LogP contribution in [0.15, 0.2) is 18.2 Å². The first kappa shape index (κ1) is 19.7. The summed E-state index contributed by atoms with van der Waals surface area (Å²) in [5.74, 6) is -1.97. The third kappa shape index (κ3) is 3.68. The van der Waals surface area contributed by atoms with Gasteiger partial charge in [-0.3, -0.25) is 34.3 Å². The number of amides is 4. The van der Waals surface area contributed by atoms with Crippen LogP contribution in [0.4, 0.5) is 0 Å². The van der Waals surface area contributed by atoms with Gasteiger partial charge < -0.3 is 10.5 Å². The summed E-state index contributed by atoms with van der Waals surface area (Å²) in [6.45, 7) is 4.58. The molecule has 4 amide bonds. The van der Waals surface area contributed by atoms with Crippen molar-refractivity contribution in [2.24, 2.45) is 5.73 Å². The zero-order valence-corrected chi connectivity index (χ0v) is 16.2. The topological polar surface area (TPSA) is 122 Å². The van der Waals surface area contributed by atoms with Gasteiger partial charge in [0, 0.05) is 32.1 Å². The van der Waals surface area contributed by atoms with Gasteiger partial charge >= 0.3 is 0 Å². The predicted molar refractivity (Wildman–Crippen MR) is 102 cm³/mol. The lowest BCUT2D eigenvalue weighted by molar-refractivity contribution is -0.136. The number of hydrogen-bond donors (Lipinski definition) is 2. The fraction of sp³-hybridized carbons (Fsp3) is 0.500. The van der Waals surface area contributed by atoms with E-state index in [4.69, 9.17) is 10.5 Å². The van der Waals surface area contributed by atoms with Crippen LogP contribution in [0.3, 0.4) is 0 Å². The average Bonchev–Trinajstić information content (AvgIpc) is 2.93. The molecule has 0 saturated carbocycles. The zero-order valence-electron chi connectivity index (χ0n) is 16.2. The molecular weight excluding hydrogens is 376 g/mol. The van der Waals surface area contributed by atoms with Crippen molar-refractivity contribution in [1.82, 2.24) is 15.1 Å². The molecule has 9 heteroatoms. The summed E-state index contributed by atoms with van der Waals surface area (Å²) in [5, 5.41) is 2.20. The van der Waals surface area contributed by atoms with Crippen LogP contribution in [0, 0.1) is 0 Å². The molecule has 3 unspecified atom stereocenters. The lowest BCUT2D eigenvalue weighted by Gasteiger charge is -2.34. The highest BCUT2D eigenvalue weighted by Gasteiger charge is 2.44. The summed E-state index contributed by atoms with van der Waals surface area (Å²) in [7, 11) is 0. The van der Waals surface area contributed by atoms with E-state index in [0.29, 0.717) is 30.8 Å². The summed E-state index contributed by atoms with van der Waals surface area (Å²) in [4.78, 5) is 52.4. The monoisotopic (exact) mass is 400 g/mol. The van der Waals surface area contributed by atoms with E-state index in [9.17, 15) is 19.2 Å². The zero-order chi connectivity index (χ0) is 20.7. The van der Waals surface area contributed by atoms with Crippen LogP contribution >= 0.6 is 0 Å². The number of benzene rings is 1. The van der Waals surface area contributed by atoms with Crippen LogP contribution in [0.1, 0.15) is 46.0 Å². The van der Waals surface area contributed by atoms with Crippen LogP contribution in [-0.2, 0) is 20.9 Å². The minimum Gasteiger partial charge on any atom is -0.374 e. The fourth-order valence-electron chi connectivity index (χ4n) is 4.07. The normalized spacial score (nSPS) is 26.5. The lowest BCUT2D eigenvalue weighted by atomic mass is 10.0. The predicted octanol–water partition coefficient (Wildman–Crippen LogP) is -0.364. The molecule has 1 aromatic carbocycles. The Bertz CT molecular complexity index is 884. The molecule has 9 nitrogen and oxygen atoms in total. The average molecular weight is 400 g/mol. The number of carbonyl (C=O) groups excluding carboxylic acids is 4. The standard InChI is InChI=1S/C20H24N4O5/c1-11(21)16-10-23(6-7-29-16)9-12-2-3-13-14(8-12)20(28)24(19(13)27)15-4-5-17(25)22-18(15)26/h2-3,8,11,15-16H,4-7,9-10,21H2,1H3,(H,22,25,26). The molecule has 0 aliphatic carbocycles. The summed E-state index contributed by atoms with van der Waals surface area (Å²) < 4.78 is 5.68. The Balaban J connectivity index is 1.51. The highest BCUT2D eigenvalue weighted by atomic mass is 16.5. The number of fused-ring (bicyclic) bond motifs is 1. The number of nitrogens with zero attached hydrogens (tertiary/aromatic N) is 2. The highest BCUT2D eigenvalue weighted by Crippen LogP contribution is 2.28. The molecule has 2 fully saturated rings. The van der Waals surface area contributed by atoms with Gasteiger partial charge in [0.25, 0.3) is 11.8 Å². The Labute approximate surface area is 168 Å². The maximum atomic E-state index is 12.9. The Morgan fingerprint density at radius 1 is 1.21 bits per heavy atom. The van der Waals surface area contributed by atoms with Crippen molar-refractivity contribution >= 4 is 23.6 Å². The molecule has 29 heavy (non-hydrogen) atoms. The molecule has 0 spiro atoms. The van der Waals surface area contributed by atoms with Crippen molar-refractivity contribution in [3.8, 4) is 0 Å². The Hall–Kier alpha value is -2.62. The van der Waals surface area contributed by atoms with E-state index in [1.807, 2.05) is 13.0 Å². The van der Waals surface area contributed by atoms with Gasteiger partial charge in [-0.15, -0.1) is 0 Å². The number of ether oxygens (including phenoxy) is 1. The van der Waals surface area contributed by atoms with E-state index in [1.54, 1.807) is 12.1 Å². The largest absolute Gasteiger partial charge is 0.374 e. The molecule has 3 heterocycles. The molecule has 4 rings (SSSR count). The van der Waals surface area contributed by atoms with Crippen LogP contribution < -0.4 is 11.1 Å². The van der Waals surface area contributed by atoms with Gasteiger partial charge in [-0.05, 0) is 31.0 Å². The second-order valence-corrected chi connectivity index (χ2v) is 7.83. The van der Waals surface area contributed by atoms with Gasteiger partial charge in [-0.2, -0.15) is 0 Å². The molecule has 0 aromatic heterocycles. The molecule has 1 aromatic rings. The number of rotatable bonds is 4. The SMILES string of the molecule is CC(N)C1CN(Cc2ccc3c(c2)C(=O)N(C2CCC(=O)NC2=O)C3=O)CCO1. The fourth-order valence-corrected chi connectivity index (χ4v) is 4.07. The van der Waals surface area contributed by atoms with E-state index < -0.39 is 23.8 Å². The van der Waals surface area contributed by atoms with E-state index in [1.165, 1.54) is 0 Å². The number of carbonyl (C=O) groups is 4. The lowest BCUT2D eigenvalue weighted by Crippen LogP contribution is -2.54. The smallest absolute Gasteiger partial charge is 0.262 e. The van der Waals surface area contributed by atoms with Gasteiger partial charge in [0.2, 0.25) is 11.8 Å². The van der Waals surface area contributed by atoms with Gasteiger partial charge in [-0.1, -0.05) is 6.07 Å². The number of morpholine rings is 1. The molecular formula is C20H24N4O5. The second kappa shape index (κ2) is 7.66. The van der Waals surface area contributed by atoms with Crippen molar-refractivity contribution < 1.29 is 23.9 Å². The number of nitrogens with one attached hydrogen (secondary N) is 1. The number of nitrogens with two attached hydrogens (primary N) is 1. The first-order valence-corrected chi connectivity index (χ1v) is 9.79. The Morgan fingerprint density at radius 3 is 2.69 bits per heavy atom. The highest BCUT2D eigenvalue weighted by molar-refractivity contribution is 6.23. The van der Waals surface area contributed by atoms with Crippen molar-refractivity contribution in [2.45, 2.75) is 44.5 Å². The molecule has 0 radical (unpaired) electrons. The molecule has 2 saturated heterocycles. The second-order valence-electron chi connectivity index (χ2n) is 7.83. The molecule has 3 aliphatic heterocycles. The van der Waals surface area contributed by atoms with Gasteiger partial charge in [0.15, 0.2) is 0 Å². The molecule has 3 aliphatic rings. The van der Waals surface area contributed by atoms with Crippen LogP contribution in [0.5, 0.6) is 0 Å². The maximum absolute atomic E-state index is 12.9. The van der Waals surface area contributed by atoms with E-state index in [2.05, 4.69) is 10.2 Å². The molecule has 0 bridgehead atoms. The molecule has 3 atom stereocenters. The number of piperidine rings is 1. The van der Waals surface area contributed by atoms with Crippen molar-refractivity contribution in [1.29, 1.82) is 0 Å². The van der Waals surface area contributed by atoms with E-state index in [0.717, 1.165) is 17.0 Å². The van der Waals surface area contributed by atoms with E-state index in [-0.39, 0.29) is 30.9 Å². The van der Waals surface area contributed by atoms with Crippen LogP contribution in [0.25, 0.3) is 0 Å². The Kier molecular flexibility index (Phi) is 5.20. The van der Waals surface area contributed by atoms with E-state index >= 15 is 0 Å². The van der Waals surface area contributed by atoms with Crippen molar-refractivity contribution in [3.05, 3.63) is 34.9 Å². The summed E-state index contributed by atoms with van der Waals surface area (Å²) in [6.07, 6.45) is 0.215. The first-order chi connectivity index (χ1) is 13.8. The first-order valence-electron chi connectivity index (χ1n) is 9.79.